The highest BCUT2D eigenvalue weighted by Crippen LogP contribution is 2.65. The van der Waals surface area contributed by atoms with Crippen molar-refractivity contribution in [2.24, 2.45) is 35.5 Å². The van der Waals surface area contributed by atoms with E-state index in [9.17, 15) is 19.2 Å². The van der Waals surface area contributed by atoms with Gasteiger partial charge in [-0.2, -0.15) is 0 Å². The number of rotatable bonds is 7. The van der Waals surface area contributed by atoms with Crippen LogP contribution in [0.1, 0.15) is 46.9 Å². The van der Waals surface area contributed by atoms with Crippen molar-refractivity contribution in [3.05, 3.63) is 71.8 Å². The second-order valence-electron chi connectivity index (χ2n) is 10.2. The molecule has 5 aliphatic rings. The normalized spacial score (nSPS) is 29.1. The summed E-state index contributed by atoms with van der Waals surface area (Å²) in [6, 6.07) is 13.1. The number of unbranched alkanes of at least 4 members (excludes halogenated alkanes) is 1. The van der Waals surface area contributed by atoms with Gasteiger partial charge in [-0.3, -0.25) is 19.3 Å². The van der Waals surface area contributed by atoms with E-state index in [1.807, 2.05) is 6.92 Å². The highest BCUT2D eigenvalue weighted by Gasteiger charge is 2.67. The fourth-order valence-corrected chi connectivity index (χ4v) is 6.26. The second kappa shape index (κ2) is 8.73. The van der Waals surface area contributed by atoms with Gasteiger partial charge in [-0.05, 0) is 85.0 Å². The van der Waals surface area contributed by atoms with Crippen molar-refractivity contribution >= 4 is 35.1 Å². The van der Waals surface area contributed by atoms with E-state index in [4.69, 9.17) is 4.74 Å². The van der Waals surface area contributed by atoms with Crippen LogP contribution in [-0.4, -0.2) is 30.3 Å². The van der Waals surface area contributed by atoms with Gasteiger partial charge < -0.3 is 10.1 Å². The molecule has 0 aromatic heterocycles. The molecule has 1 N–H and O–H groups in total. The maximum atomic E-state index is 13.3. The fraction of sp³-hybridized carbons (Fsp3) is 0.379. The number of carbonyl (C=O) groups is 4. The van der Waals surface area contributed by atoms with Crippen molar-refractivity contribution in [1.82, 2.24) is 0 Å². The van der Waals surface area contributed by atoms with Crippen molar-refractivity contribution in [2.75, 3.05) is 16.8 Å². The number of esters is 1. The number of benzene rings is 2. The van der Waals surface area contributed by atoms with Crippen LogP contribution in [0, 0.1) is 35.5 Å². The maximum absolute atomic E-state index is 13.3. The zero-order chi connectivity index (χ0) is 25.0. The van der Waals surface area contributed by atoms with Crippen LogP contribution in [-0.2, 0) is 14.3 Å². The minimum absolute atomic E-state index is 0.111. The average molecular weight is 485 g/mol. The summed E-state index contributed by atoms with van der Waals surface area (Å²) in [6.07, 6.45) is 7.21. The molecule has 1 saturated heterocycles. The summed E-state index contributed by atoms with van der Waals surface area (Å²) in [5, 5.41) is 2.81. The van der Waals surface area contributed by atoms with Crippen LogP contribution < -0.4 is 10.2 Å². The van der Waals surface area contributed by atoms with Crippen LogP contribution in [0.15, 0.2) is 60.7 Å². The first-order valence-electron chi connectivity index (χ1n) is 12.7. The number of hydrogen-bond acceptors (Lipinski definition) is 5. The third kappa shape index (κ3) is 3.65. The highest BCUT2D eigenvalue weighted by atomic mass is 16.5. The number of nitrogens with one attached hydrogen (secondary N) is 1. The molecule has 7 rings (SSSR count). The lowest BCUT2D eigenvalue weighted by Gasteiger charge is -2.37. The van der Waals surface area contributed by atoms with Crippen molar-refractivity contribution in [2.45, 2.75) is 26.2 Å². The van der Waals surface area contributed by atoms with E-state index in [0.29, 0.717) is 40.9 Å². The van der Waals surface area contributed by atoms with Gasteiger partial charge in [0.2, 0.25) is 11.8 Å². The van der Waals surface area contributed by atoms with Gasteiger partial charge in [0.05, 0.1) is 29.7 Å². The smallest absolute Gasteiger partial charge is 0.338 e. The Kier molecular flexibility index (Phi) is 5.51. The summed E-state index contributed by atoms with van der Waals surface area (Å²) < 4.78 is 5.20. The monoisotopic (exact) mass is 484 g/mol. The first-order valence-corrected chi connectivity index (χ1v) is 12.7. The molecule has 2 saturated carbocycles. The van der Waals surface area contributed by atoms with Crippen LogP contribution in [0.5, 0.6) is 0 Å². The standard InChI is InChI=1S/C29H28N2O5/c1-2-3-14-36-29(35)17-4-8-18(9-5-17)30-26(32)16-6-10-19(11-7-16)31-27(33)24-20-12-13-21(23-15-22(20)23)25(24)28(31)34/h4-13,20-25H,2-3,14-15H2,1H3,(H,30,32)/t20-,21-,22-,23-,24+,25+/m1/s1. The molecule has 0 radical (unpaired) electrons. The molecule has 7 nitrogen and oxygen atoms in total. The molecule has 0 unspecified atom stereocenters. The van der Waals surface area contributed by atoms with E-state index in [-0.39, 0.29) is 47.4 Å². The van der Waals surface area contributed by atoms with Crippen LogP contribution in [0.3, 0.4) is 0 Å². The third-order valence-electron chi connectivity index (χ3n) is 8.16. The Morgan fingerprint density at radius 3 is 2.06 bits per heavy atom. The first-order chi connectivity index (χ1) is 17.5. The van der Waals surface area contributed by atoms with Crippen LogP contribution in [0.4, 0.5) is 11.4 Å². The summed E-state index contributed by atoms with van der Waals surface area (Å²) in [7, 11) is 0. The summed E-state index contributed by atoms with van der Waals surface area (Å²) in [6.45, 7) is 2.41. The molecule has 36 heavy (non-hydrogen) atoms. The molecule has 1 heterocycles. The Bertz CT molecular complexity index is 1230. The van der Waals surface area contributed by atoms with Crippen molar-refractivity contribution in [3.8, 4) is 0 Å². The zero-order valence-corrected chi connectivity index (χ0v) is 20.1. The molecule has 4 aliphatic carbocycles. The Balaban J connectivity index is 1.11. The molecule has 3 fully saturated rings. The molecule has 3 amide bonds. The quantitative estimate of drug-likeness (QED) is 0.271. The molecule has 0 spiro atoms. The molecular weight excluding hydrogens is 456 g/mol. The lowest BCUT2D eigenvalue weighted by Crippen LogP contribution is -2.40. The Labute approximate surface area is 209 Å². The minimum atomic E-state index is -0.386. The number of imide groups is 1. The first kappa shape index (κ1) is 22.7. The number of allylic oxidation sites excluding steroid dienone is 2. The molecule has 2 aromatic rings. The van der Waals surface area contributed by atoms with Gasteiger partial charge in [-0.15, -0.1) is 0 Å². The van der Waals surface area contributed by atoms with Gasteiger partial charge >= 0.3 is 5.97 Å². The van der Waals surface area contributed by atoms with Crippen LogP contribution >= 0.6 is 0 Å². The van der Waals surface area contributed by atoms with E-state index in [1.165, 1.54) is 4.90 Å². The summed E-state index contributed by atoms with van der Waals surface area (Å²) in [5.41, 5.74) is 1.89. The van der Waals surface area contributed by atoms with E-state index in [0.717, 1.165) is 19.3 Å². The Morgan fingerprint density at radius 2 is 1.47 bits per heavy atom. The number of nitrogens with zero attached hydrogens (tertiary/aromatic N) is 1. The summed E-state index contributed by atoms with van der Waals surface area (Å²) >= 11 is 0. The second-order valence-corrected chi connectivity index (χ2v) is 10.2. The number of amides is 3. The van der Waals surface area contributed by atoms with Gasteiger partial charge in [0.25, 0.3) is 5.91 Å². The zero-order valence-electron chi connectivity index (χ0n) is 20.1. The average Bonchev–Trinajstić information content (AvgIpc) is 3.67. The Morgan fingerprint density at radius 1 is 0.889 bits per heavy atom. The van der Waals surface area contributed by atoms with Gasteiger partial charge in [0.15, 0.2) is 0 Å². The fourth-order valence-electron chi connectivity index (χ4n) is 6.26. The van der Waals surface area contributed by atoms with Crippen LogP contribution in [0.25, 0.3) is 0 Å². The highest BCUT2D eigenvalue weighted by molar-refractivity contribution is 6.22. The molecular formula is C29H28N2O5. The predicted molar refractivity (Wildman–Crippen MR) is 133 cm³/mol. The van der Waals surface area contributed by atoms with E-state index in [2.05, 4.69) is 17.5 Å². The Hall–Kier alpha value is -3.74. The lowest BCUT2D eigenvalue weighted by molar-refractivity contribution is -0.124. The van der Waals surface area contributed by atoms with E-state index < -0.39 is 0 Å². The minimum Gasteiger partial charge on any atom is -0.462 e. The molecule has 6 atom stereocenters. The van der Waals surface area contributed by atoms with Crippen molar-refractivity contribution in [3.63, 3.8) is 0 Å². The number of hydrogen-bond donors (Lipinski definition) is 1. The summed E-state index contributed by atoms with van der Waals surface area (Å²) in [5.74, 6) is 0.0629. The van der Waals surface area contributed by atoms with E-state index >= 15 is 0 Å². The van der Waals surface area contributed by atoms with Crippen molar-refractivity contribution in [1.29, 1.82) is 0 Å². The number of anilines is 2. The molecule has 2 bridgehead atoms. The van der Waals surface area contributed by atoms with Gasteiger partial charge in [0.1, 0.15) is 0 Å². The van der Waals surface area contributed by atoms with Crippen molar-refractivity contribution < 1.29 is 23.9 Å². The topological polar surface area (TPSA) is 92.8 Å². The summed E-state index contributed by atoms with van der Waals surface area (Å²) in [4.78, 5) is 52.7. The molecule has 7 heteroatoms. The number of carbonyl (C=O) groups excluding carboxylic acids is 4. The van der Waals surface area contributed by atoms with Gasteiger partial charge in [-0.25, -0.2) is 4.79 Å². The largest absolute Gasteiger partial charge is 0.462 e. The van der Waals surface area contributed by atoms with Gasteiger partial charge in [0, 0.05) is 11.3 Å². The molecule has 1 aliphatic heterocycles. The maximum Gasteiger partial charge on any atom is 0.338 e. The molecule has 2 aromatic carbocycles. The SMILES string of the molecule is CCCCOC(=O)c1ccc(NC(=O)c2ccc(N3C(=O)[C@H]4[C@@H]5C=C[C@H]([C@H]6C[C@H]56)[C@@H]4C3=O)cc2)cc1. The lowest BCUT2D eigenvalue weighted by atomic mass is 9.63. The predicted octanol–water partition coefficient (Wildman–Crippen LogP) is 4.45. The number of ether oxygens (including phenoxy) is 1. The van der Waals surface area contributed by atoms with Gasteiger partial charge in [-0.1, -0.05) is 25.5 Å². The molecule has 184 valence electrons. The third-order valence-corrected chi connectivity index (χ3v) is 8.16. The van der Waals surface area contributed by atoms with E-state index in [1.54, 1.807) is 48.5 Å². The van der Waals surface area contributed by atoms with Crippen LogP contribution in [0.2, 0.25) is 0 Å².